The molecule has 1 unspecified atom stereocenters. The number of ether oxygens (including phenoxy) is 2. The maximum Gasteiger partial charge on any atom is 0.265 e. The van der Waals surface area contributed by atoms with Crippen molar-refractivity contribution in [2.45, 2.75) is 20.0 Å². The number of para-hydroxylation sites is 1. The van der Waals surface area contributed by atoms with E-state index in [0.29, 0.717) is 11.5 Å². The fraction of sp³-hybridized carbons (Fsp3) is 0.136. The van der Waals surface area contributed by atoms with Crippen LogP contribution in [0.3, 0.4) is 0 Å². The molecule has 4 heteroatoms. The number of aryl methyl sites for hydroxylation is 1. The summed E-state index contributed by atoms with van der Waals surface area (Å²) in [6, 6.07) is 24.4. The Morgan fingerprint density at radius 3 is 2.19 bits per heavy atom. The molecular weight excluding hydrogens is 326 g/mol. The van der Waals surface area contributed by atoms with Crippen LogP contribution in [-0.4, -0.2) is 12.0 Å². The zero-order chi connectivity index (χ0) is 18.4. The average molecular weight is 347 g/mol. The van der Waals surface area contributed by atoms with Gasteiger partial charge in [0.1, 0.15) is 17.2 Å². The number of amides is 1. The molecule has 1 atom stereocenters. The molecule has 0 heterocycles. The van der Waals surface area contributed by atoms with E-state index in [9.17, 15) is 4.79 Å². The van der Waals surface area contributed by atoms with Crippen molar-refractivity contribution in [3.63, 3.8) is 0 Å². The second-order valence-electron chi connectivity index (χ2n) is 6.01. The van der Waals surface area contributed by atoms with Crippen molar-refractivity contribution in [2.24, 2.45) is 0 Å². The van der Waals surface area contributed by atoms with E-state index in [2.05, 4.69) is 5.32 Å². The van der Waals surface area contributed by atoms with Crippen LogP contribution in [0.1, 0.15) is 12.5 Å². The first kappa shape index (κ1) is 17.5. The SMILES string of the molecule is Cc1cccc(NC(=O)C(C)Oc2ccc(Oc3ccccc3)cc2)c1. The van der Waals surface area contributed by atoms with Gasteiger partial charge in [0.25, 0.3) is 5.91 Å². The molecule has 1 N–H and O–H groups in total. The maximum atomic E-state index is 12.3. The maximum absolute atomic E-state index is 12.3. The molecule has 1 amide bonds. The molecule has 132 valence electrons. The Morgan fingerprint density at radius 2 is 1.50 bits per heavy atom. The van der Waals surface area contributed by atoms with E-state index in [1.54, 1.807) is 19.1 Å². The van der Waals surface area contributed by atoms with Crippen LogP contribution in [-0.2, 0) is 4.79 Å². The highest BCUT2D eigenvalue weighted by atomic mass is 16.5. The third kappa shape index (κ3) is 4.86. The van der Waals surface area contributed by atoms with Crippen LogP contribution in [0.15, 0.2) is 78.9 Å². The highest BCUT2D eigenvalue weighted by Gasteiger charge is 2.15. The molecule has 0 radical (unpaired) electrons. The number of benzene rings is 3. The van der Waals surface area contributed by atoms with E-state index in [1.807, 2.05) is 73.7 Å². The first-order valence-electron chi connectivity index (χ1n) is 8.47. The molecule has 0 saturated carbocycles. The second kappa shape index (κ2) is 8.21. The lowest BCUT2D eigenvalue weighted by Crippen LogP contribution is -2.30. The zero-order valence-electron chi connectivity index (χ0n) is 14.8. The van der Waals surface area contributed by atoms with Crippen LogP contribution in [0.5, 0.6) is 17.2 Å². The van der Waals surface area contributed by atoms with Gasteiger partial charge >= 0.3 is 0 Å². The predicted octanol–water partition coefficient (Wildman–Crippen LogP) is 5.19. The minimum Gasteiger partial charge on any atom is -0.481 e. The number of hydrogen-bond donors (Lipinski definition) is 1. The van der Waals surface area contributed by atoms with Gasteiger partial charge in [0.05, 0.1) is 0 Å². The lowest BCUT2D eigenvalue weighted by atomic mass is 10.2. The molecule has 3 aromatic carbocycles. The van der Waals surface area contributed by atoms with Gasteiger partial charge in [-0.05, 0) is 67.9 Å². The Balaban J connectivity index is 1.57. The first-order valence-corrected chi connectivity index (χ1v) is 8.47. The Labute approximate surface area is 153 Å². The molecular formula is C22H21NO3. The second-order valence-corrected chi connectivity index (χ2v) is 6.01. The van der Waals surface area contributed by atoms with Crippen LogP contribution in [0, 0.1) is 6.92 Å². The number of nitrogens with one attached hydrogen (secondary N) is 1. The van der Waals surface area contributed by atoms with Crippen molar-refractivity contribution in [3.05, 3.63) is 84.4 Å². The lowest BCUT2D eigenvalue weighted by Gasteiger charge is -2.15. The van der Waals surface area contributed by atoms with Crippen LogP contribution in [0.4, 0.5) is 5.69 Å². The van der Waals surface area contributed by atoms with Crippen molar-refractivity contribution in [1.82, 2.24) is 0 Å². The standard InChI is InChI=1S/C22H21NO3/c1-16-7-6-8-18(15-16)23-22(24)17(2)25-20-11-13-21(14-12-20)26-19-9-4-3-5-10-19/h3-15,17H,1-2H3,(H,23,24). The third-order valence-corrected chi connectivity index (χ3v) is 3.77. The summed E-state index contributed by atoms with van der Waals surface area (Å²) in [5.74, 6) is 1.89. The van der Waals surface area contributed by atoms with E-state index < -0.39 is 6.10 Å². The average Bonchev–Trinajstić information content (AvgIpc) is 2.64. The van der Waals surface area contributed by atoms with E-state index in [0.717, 1.165) is 17.0 Å². The van der Waals surface area contributed by atoms with Crippen LogP contribution in [0.25, 0.3) is 0 Å². The zero-order valence-corrected chi connectivity index (χ0v) is 14.8. The molecule has 0 fully saturated rings. The normalized spacial score (nSPS) is 11.5. The van der Waals surface area contributed by atoms with Gasteiger partial charge in [0.15, 0.2) is 6.10 Å². The number of carbonyl (C=O) groups is 1. The van der Waals surface area contributed by atoms with E-state index in [-0.39, 0.29) is 5.91 Å². The molecule has 3 rings (SSSR count). The molecule has 0 aliphatic carbocycles. The molecule has 0 bridgehead atoms. The van der Waals surface area contributed by atoms with E-state index >= 15 is 0 Å². The minimum absolute atomic E-state index is 0.194. The molecule has 4 nitrogen and oxygen atoms in total. The van der Waals surface area contributed by atoms with Crippen molar-refractivity contribution in [3.8, 4) is 17.2 Å². The van der Waals surface area contributed by atoms with Crippen LogP contribution in [0.2, 0.25) is 0 Å². The topological polar surface area (TPSA) is 47.6 Å². The fourth-order valence-electron chi connectivity index (χ4n) is 2.44. The molecule has 26 heavy (non-hydrogen) atoms. The Kier molecular flexibility index (Phi) is 5.54. The van der Waals surface area contributed by atoms with Gasteiger partial charge in [0.2, 0.25) is 0 Å². The summed E-state index contributed by atoms with van der Waals surface area (Å²) in [7, 11) is 0. The monoisotopic (exact) mass is 347 g/mol. The molecule has 3 aromatic rings. The van der Waals surface area contributed by atoms with Crippen LogP contribution >= 0.6 is 0 Å². The van der Waals surface area contributed by atoms with E-state index in [4.69, 9.17) is 9.47 Å². The fourth-order valence-corrected chi connectivity index (χ4v) is 2.44. The van der Waals surface area contributed by atoms with Gasteiger partial charge in [-0.1, -0.05) is 30.3 Å². The third-order valence-electron chi connectivity index (χ3n) is 3.77. The summed E-state index contributed by atoms with van der Waals surface area (Å²) >= 11 is 0. The first-order chi connectivity index (χ1) is 12.6. The van der Waals surface area contributed by atoms with Gasteiger partial charge < -0.3 is 14.8 Å². The highest BCUT2D eigenvalue weighted by molar-refractivity contribution is 5.94. The molecule has 0 aromatic heterocycles. The molecule has 0 spiro atoms. The number of rotatable bonds is 6. The lowest BCUT2D eigenvalue weighted by molar-refractivity contribution is -0.122. The quantitative estimate of drug-likeness (QED) is 0.667. The Hall–Kier alpha value is -3.27. The number of carbonyl (C=O) groups excluding carboxylic acids is 1. The summed E-state index contributed by atoms with van der Waals surface area (Å²) < 4.78 is 11.5. The Bertz CT molecular complexity index is 860. The van der Waals surface area contributed by atoms with Gasteiger partial charge in [-0.15, -0.1) is 0 Å². The summed E-state index contributed by atoms with van der Waals surface area (Å²) in [4.78, 5) is 12.3. The van der Waals surface area contributed by atoms with Gasteiger partial charge in [-0.3, -0.25) is 4.79 Å². The largest absolute Gasteiger partial charge is 0.481 e. The van der Waals surface area contributed by atoms with Gasteiger partial charge in [-0.2, -0.15) is 0 Å². The Morgan fingerprint density at radius 1 is 0.846 bits per heavy atom. The van der Waals surface area contributed by atoms with Crippen molar-refractivity contribution in [2.75, 3.05) is 5.32 Å². The van der Waals surface area contributed by atoms with Gasteiger partial charge in [0, 0.05) is 5.69 Å². The molecule has 0 aliphatic heterocycles. The summed E-state index contributed by atoms with van der Waals surface area (Å²) in [6.07, 6.45) is -0.614. The van der Waals surface area contributed by atoms with Crippen molar-refractivity contribution >= 4 is 11.6 Å². The molecule has 0 saturated heterocycles. The number of hydrogen-bond acceptors (Lipinski definition) is 3. The van der Waals surface area contributed by atoms with E-state index in [1.165, 1.54) is 0 Å². The summed E-state index contributed by atoms with van der Waals surface area (Å²) in [6.45, 7) is 3.70. The van der Waals surface area contributed by atoms with Crippen molar-refractivity contribution < 1.29 is 14.3 Å². The van der Waals surface area contributed by atoms with Gasteiger partial charge in [-0.25, -0.2) is 0 Å². The van der Waals surface area contributed by atoms with Crippen LogP contribution < -0.4 is 14.8 Å². The summed E-state index contributed by atoms with van der Waals surface area (Å²) in [5.41, 5.74) is 1.85. The van der Waals surface area contributed by atoms with Crippen molar-refractivity contribution in [1.29, 1.82) is 0 Å². The smallest absolute Gasteiger partial charge is 0.265 e. The highest BCUT2D eigenvalue weighted by Crippen LogP contribution is 2.24. The molecule has 0 aliphatic rings. The predicted molar refractivity (Wildman–Crippen MR) is 103 cm³/mol. The number of anilines is 1. The minimum atomic E-state index is -0.614. The summed E-state index contributed by atoms with van der Waals surface area (Å²) in [5, 5.41) is 2.86.